The number of fused-ring (bicyclic) bond motifs is 16. The van der Waals surface area contributed by atoms with E-state index in [4.69, 9.17) is 8.83 Å². The second-order valence-electron chi connectivity index (χ2n) is 27.8. The third kappa shape index (κ3) is 6.90. The normalized spacial score (nSPS) is 22.0. The van der Waals surface area contributed by atoms with Crippen LogP contribution in [0.2, 0.25) is 0 Å². The fourth-order valence-electron chi connectivity index (χ4n) is 18.6. The van der Waals surface area contributed by atoms with Crippen LogP contribution in [-0.4, -0.2) is 17.8 Å². The standard InChI is InChI=1S/C83H69BN4O2/c1-52-46-73-77-74(47-52)86(70-31-21-29-62-60-27-13-15-33-76(60)90-79(62)70)72-51-58(88-68-41-35-56(54-24-10-7-11-25-54)49-64(68)81(3)43-17-19-45-83(81,88)5)37-39-66(72)84(77)65-38-36-57(50-71(65)85(73)69-30-20-28-61-59-26-12-14-32-75(59)89-78(61)69)87-67-40-34-55(53-22-8-6-9-23-53)48-63(67)80(2)42-16-18-44-82(80,87)4/h6-15,20-41,46-51H,16-19,42-45H2,1-5H3. The van der Waals surface area contributed by atoms with Crippen LogP contribution in [0, 0.1) is 6.92 Å². The summed E-state index contributed by atoms with van der Waals surface area (Å²) in [6.07, 6.45) is 9.30. The molecule has 6 nitrogen and oxygen atoms in total. The molecule has 0 N–H and O–H groups in total. The first-order valence-electron chi connectivity index (χ1n) is 32.9. The molecular formula is C83H69BN4O2. The molecule has 19 rings (SSSR count). The minimum Gasteiger partial charge on any atom is -0.454 e. The zero-order valence-corrected chi connectivity index (χ0v) is 51.8. The number of aryl methyl sites for hydroxylation is 1. The molecule has 2 saturated carbocycles. The van der Waals surface area contributed by atoms with Gasteiger partial charge in [-0.3, -0.25) is 0 Å². The summed E-state index contributed by atoms with van der Waals surface area (Å²) >= 11 is 0. The fraction of sp³-hybridized carbons (Fsp3) is 0.205. The first-order chi connectivity index (χ1) is 44.0. The lowest BCUT2D eigenvalue weighted by Gasteiger charge is -2.51. The van der Waals surface area contributed by atoms with E-state index in [9.17, 15) is 0 Å². The zero-order valence-electron chi connectivity index (χ0n) is 51.8. The van der Waals surface area contributed by atoms with Gasteiger partial charge >= 0.3 is 0 Å². The first kappa shape index (κ1) is 52.2. The summed E-state index contributed by atoms with van der Waals surface area (Å²) in [6, 6.07) is 87.1. The Kier molecular flexibility index (Phi) is 10.8. The van der Waals surface area contributed by atoms with Gasteiger partial charge in [-0.05, 0) is 187 Å². The van der Waals surface area contributed by atoms with Crippen molar-refractivity contribution in [2.75, 3.05) is 19.6 Å². The van der Waals surface area contributed by atoms with Gasteiger partial charge in [-0.25, -0.2) is 0 Å². The summed E-state index contributed by atoms with van der Waals surface area (Å²) in [5.74, 6) is 0. The Morgan fingerprint density at radius 2 is 0.767 bits per heavy atom. The third-order valence-electron chi connectivity index (χ3n) is 23.4. The molecule has 13 aromatic rings. The second-order valence-corrected chi connectivity index (χ2v) is 27.8. The molecule has 2 fully saturated rings. The van der Waals surface area contributed by atoms with Crippen LogP contribution in [0.25, 0.3) is 66.1 Å². The first-order valence-corrected chi connectivity index (χ1v) is 32.9. The van der Waals surface area contributed by atoms with Gasteiger partial charge in [0.2, 0.25) is 0 Å². The lowest BCUT2D eigenvalue weighted by molar-refractivity contribution is 0.195. The Morgan fingerprint density at radius 3 is 1.23 bits per heavy atom. The highest BCUT2D eigenvalue weighted by Gasteiger charge is 2.60. The maximum absolute atomic E-state index is 7.13. The molecule has 11 aromatic carbocycles. The van der Waals surface area contributed by atoms with E-state index in [2.05, 4.69) is 285 Å². The van der Waals surface area contributed by atoms with Crippen molar-refractivity contribution in [2.45, 2.75) is 108 Å². The number of para-hydroxylation sites is 4. The molecule has 4 atom stereocenters. The van der Waals surface area contributed by atoms with Gasteiger partial charge < -0.3 is 28.4 Å². The molecule has 0 bridgehead atoms. The van der Waals surface area contributed by atoms with Gasteiger partial charge in [0.05, 0.1) is 22.5 Å². The van der Waals surface area contributed by atoms with E-state index in [1.54, 1.807) is 0 Å². The van der Waals surface area contributed by atoms with E-state index in [-0.39, 0.29) is 28.6 Å². The minimum absolute atomic E-state index is 0.0716. The van der Waals surface area contributed by atoms with Crippen molar-refractivity contribution in [1.82, 2.24) is 0 Å². The molecule has 0 amide bonds. The Hall–Kier alpha value is -9.72. The second kappa shape index (κ2) is 18.7. The van der Waals surface area contributed by atoms with Gasteiger partial charge in [0.1, 0.15) is 11.2 Å². The average Bonchev–Trinajstić information content (AvgIpc) is 0.909. The summed E-state index contributed by atoms with van der Waals surface area (Å²) in [7, 11) is 0. The maximum atomic E-state index is 7.13. The van der Waals surface area contributed by atoms with Crippen molar-refractivity contribution in [3.8, 4) is 22.3 Å². The molecule has 4 unspecified atom stereocenters. The molecule has 0 spiro atoms. The molecular weight excluding hydrogens is 1100 g/mol. The zero-order chi connectivity index (χ0) is 60.0. The summed E-state index contributed by atoms with van der Waals surface area (Å²) < 4.78 is 14.3. The topological polar surface area (TPSA) is 39.2 Å². The van der Waals surface area contributed by atoms with Crippen LogP contribution < -0.4 is 36.0 Å². The molecule has 0 saturated heterocycles. The van der Waals surface area contributed by atoms with Crippen molar-refractivity contribution in [1.29, 1.82) is 0 Å². The number of furan rings is 2. The van der Waals surface area contributed by atoms with E-state index < -0.39 is 0 Å². The lowest BCUT2D eigenvalue weighted by Crippen LogP contribution is -2.61. The van der Waals surface area contributed by atoms with Gasteiger partial charge in [-0.1, -0.05) is 185 Å². The quantitative estimate of drug-likeness (QED) is 0.155. The monoisotopic (exact) mass is 1160 g/mol. The van der Waals surface area contributed by atoms with Crippen LogP contribution in [0.4, 0.5) is 56.9 Å². The van der Waals surface area contributed by atoms with Crippen molar-refractivity contribution < 1.29 is 8.83 Å². The number of rotatable bonds is 6. The molecule has 2 aliphatic carbocycles. The van der Waals surface area contributed by atoms with Gasteiger partial charge in [-0.15, -0.1) is 0 Å². The van der Waals surface area contributed by atoms with Gasteiger partial charge in [0.15, 0.2) is 11.2 Å². The van der Waals surface area contributed by atoms with E-state index in [1.165, 1.54) is 115 Å². The Balaban J connectivity index is 0.876. The molecule has 2 aromatic heterocycles. The fourth-order valence-corrected chi connectivity index (χ4v) is 18.6. The Labute approximate surface area is 526 Å². The van der Waals surface area contributed by atoms with Gasteiger partial charge in [0, 0.05) is 77.9 Å². The predicted molar refractivity (Wildman–Crippen MR) is 376 cm³/mol. The molecule has 0 radical (unpaired) electrons. The molecule has 90 heavy (non-hydrogen) atoms. The van der Waals surface area contributed by atoms with Crippen LogP contribution >= 0.6 is 0 Å². The van der Waals surface area contributed by atoms with Crippen LogP contribution in [0.5, 0.6) is 0 Å². The Bertz CT molecular complexity index is 4870. The predicted octanol–water partition coefficient (Wildman–Crippen LogP) is 20.7. The maximum Gasteiger partial charge on any atom is 0.252 e. The van der Waals surface area contributed by atoms with Crippen molar-refractivity contribution in [3.63, 3.8) is 0 Å². The number of hydrogen-bond donors (Lipinski definition) is 0. The molecule has 436 valence electrons. The smallest absolute Gasteiger partial charge is 0.252 e. The highest BCUT2D eigenvalue weighted by Crippen LogP contribution is 2.64. The summed E-state index contributed by atoms with van der Waals surface area (Å²) in [5, 5.41) is 4.45. The van der Waals surface area contributed by atoms with Crippen LogP contribution in [0.15, 0.2) is 239 Å². The molecule has 6 heterocycles. The number of hydrogen-bond acceptors (Lipinski definition) is 6. The van der Waals surface area contributed by atoms with Gasteiger partial charge in [0.25, 0.3) is 6.71 Å². The number of benzene rings is 11. The van der Waals surface area contributed by atoms with Crippen molar-refractivity contribution >= 4 is 124 Å². The molecule has 7 heteroatoms. The van der Waals surface area contributed by atoms with Crippen molar-refractivity contribution in [2.24, 2.45) is 0 Å². The van der Waals surface area contributed by atoms with Crippen LogP contribution in [0.1, 0.15) is 95.8 Å². The Morgan fingerprint density at radius 1 is 0.344 bits per heavy atom. The summed E-state index contributed by atoms with van der Waals surface area (Å²) in [4.78, 5) is 10.7. The number of nitrogens with zero attached hydrogens (tertiary/aromatic N) is 4. The average molecular weight is 1170 g/mol. The van der Waals surface area contributed by atoms with E-state index in [0.29, 0.717) is 0 Å². The van der Waals surface area contributed by atoms with E-state index >= 15 is 0 Å². The lowest BCUT2D eigenvalue weighted by atomic mass is 9.33. The largest absolute Gasteiger partial charge is 0.454 e. The summed E-state index contributed by atoms with van der Waals surface area (Å²) in [6.45, 7) is 12.4. The van der Waals surface area contributed by atoms with Crippen molar-refractivity contribution in [3.05, 3.63) is 247 Å². The molecule has 4 aliphatic heterocycles. The van der Waals surface area contributed by atoms with Crippen LogP contribution in [-0.2, 0) is 10.8 Å². The van der Waals surface area contributed by atoms with Gasteiger partial charge in [-0.2, -0.15) is 0 Å². The highest BCUT2D eigenvalue weighted by molar-refractivity contribution is 7.00. The van der Waals surface area contributed by atoms with Crippen LogP contribution in [0.3, 0.4) is 0 Å². The summed E-state index contributed by atoms with van der Waals surface area (Å²) in [5.41, 5.74) is 27.7. The minimum atomic E-state index is -0.175. The SMILES string of the molecule is Cc1cc2c3c(c1)N(c1cccc4c1oc1ccccc14)c1cc(N4c5ccc(-c6ccccc6)cc5C5(C)CCCCC45C)ccc1B3c1ccc(N3c4ccc(-c5ccccc5)cc4C4(C)CCCCC34C)cc1N2c1cccc2c1oc1ccccc12. The number of anilines is 10. The third-order valence-corrected chi connectivity index (χ3v) is 23.4. The molecule has 6 aliphatic rings. The van der Waals surface area contributed by atoms with E-state index in [1.807, 2.05) is 0 Å². The van der Waals surface area contributed by atoms with E-state index in [0.717, 1.165) is 92.3 Å². The highest BCUT2D eigenvalue weighted by atomic mass is 16.3.